The maximum atomic E-state index is 12.0. The Kier molecular flexibility index (Phi) is 3.02. The van der Waals surface area contributed by atoms with Gasteiger partial charge in [-0.3, -0.25) is 19.5 Å². The second kappa shape index (κ2) is 4.63. The highest BCUT2D eigenvalue weighted by Crippen LogP contribution is 2.16. The van der Waals surface area contributed by atoms with Gasteiger partial charge in [0.05, 0.1) is 34.6 Å². The van der Waals surface area contributed by atoms with Gasteiger partial charge >= 0.3 is 0 Å². The summed E-state index contributed by atoms with van der Waals surface area (Å²) in [6, 6.07) is 5.86. The molecule has 7 nitrogen and oxygen atoms in total. The van der Waals surface area contributed by atoms with Crippen LogP contribution in [0.2, 0.25) is 0 Å². The van der Waals surface area contributed by atoms with E-state index < -0.39 is 4.92 Å². The van der Waals surface area contributed by atoms with Crippen molar-refractivity contribution in [2.24, 2.45) is 0 Å². The van der Waals surface area contributed by atoms with Crippen LogP contribution in [-0.4, -0.2) is 14.5 Å². The molecule has 18 heavy (non-hydrogen) atoms. The van der Waals surface area contributed by atoms with Crippen molar-refractivity contribution in [3.63, 3.8) is 0 Å². The first-order valence-corrected chi connectivity index (χ1v) is 5.14. The number of hydrogen-bond acceptors (Lipinski definition) is 5. The number of aromatic nitrogens is 2. The second-order valence-corrected chi connectivity index (χ2v) is 3.61. The Hall–Kier alpha value is -2.75. The number of nitrogens with zero attached hydrogens (tertiary/aromatic N) is 4. The zero-order valence-electron chi connectivity index (χ0n) is 9.24. The number of benzene rings is 1. The maximum absolute atomic E-state index is 12.0. The molecule has 0 saturated carbocycles. The van der Waals surface area contributed by atoms with E-state index in [2.05, 4.69) is 4.98 Å². The Morgan fingerprint density at radius 2 is 2.28 bits per heavy atom. The first-order valence-electron chi connectivity index (χ1n) is 5.14. The van der Waals surface area contributed by atoms with E-state index in [0.29, 0.717) is 5.52 Å². The minimum Gasteiger partial charge on any atom is -0.298 e. The van der Waals surface area contributed by atoms with Crippen LogP contribution >= 0.6 is 0 Å². The van der Waals surface area contributed by atoms with Crippen LogP contribution in [-0.2, 0) is 6.54 Å². The SMILES string of the molecule is N#CCCn1cnc2ccc([N+](=O)[O-])cc2c1=O. The highest BCUT2D eigenvalue weighted by molar-refractivity contribution is 5.79. The third-order valence-corrected chi connectivity index (χ3v) is 2.48. The molecule has 90 valence electrons. The Balaban J connectivity index is 2.61. The van der Waals surface area contributed by atoms with Crippen molar-refractivity contribution >= 4 is 16.6 Å². The van der Waals surface area contributed by atoms with E-state index in [0.717, 1.165) is 0 Å². The molecule has 0 N–H and O–H groups in total. The van der Waals surface area contributed by atoms with Crippen molar-refractivity contribution in [1.82, 2.24) is 9.55 Å². The van der Waals surface area contributed by atoms with Gasteiger partial charge < -0.3 is 0 Å². The minimum atomic E-state index is -0.564. The van der Waals surface area contributed by atoms with Crippen molar-refractivity contribution < 1.29 is 4.92 Å². The van der Waals surface area contributed by atoms with Gasteiger partial charge in [-0.2, -0.15) is 5.26 Å². The molecule has 1 heterocycles. The molecule has 2 aromatic rings. The molecule has 0 aliphatic carbocycles. The fraction of sp³-hybridized carbons (Fsp3) is 0.182. The normalized spacial score (nSPS) is 10.2. The lowest BCUT2D eigenvalue weighted by molar-refractivity contribution is -0.384. The molecule has 0 spiro atoms. The average Bonchev–Trinajstić information content (AvgIpc) is 2.37. The molecule has 0 radical (unpaired) electrons. The molecular formula is C11H8N4O3. The van der Waals surface area contributed by atoms with E-state index in [1.54, 1.807) is 0 Å². The van der Waals surface area contributed by atoms with E-state index in [9.17, 15) is 14.9 Å². The van der Waals surface area contributed by atoms with Gasteiger partial charge in [0.15, 0.2) is 0 Å². The highest BCUT2D eigenvalue weighted by atomic mass is 16.6. The molecule has 0 fully saturated rings. The molecule has 0 bridgehead atoms. The molecule has 0 unspecified atom stereocenters. The van der Waals surface area contributed by atoms with Crippen LogP contribution in [0.3, 0.4) is 0 Å². The van der Waals surface area contributed by atoms with E-state index in [4.69, 9.17) is 5.26 Å². The molecule has 7 heteroatoms. The molecule has 0 atom stereocenters. The Labute approximate surface area is 101 Å². The zero-order chi connectivity index (χ0) is 13.1. The quantitative estimate of drug-likeness (QED) is 0.596. The average molecular weight is 244 g/mol. The van der Waals surface area contributed by atoms with Crippen molar-refractivity contribution in [2.45, 2.75) is 13.0 Å². The zero-order valence-corrected chi connectivity index (χ0v) is 9.24. The lowest BCUT2D eigenvalue weighted by atomic mass is 10.2. The predicted molar refractivity (Wildman–Crippen MR) is 62.9 cm³/mol. The first kappa shape index (κ1) is 11.7. The van der Waals surface area contributed by atoms with Crippen LogP contribution in [0.1, 0.15) is 6.42 Å². The smallest absolute Gasteiger partial charge is 0.270 e. The molecule has 0 saturated heterocycles. The third-order valence-electron chi connectivity index (χ3n) is 2.48. The summed E-state index contributed by atoms with van der Waals surface area (Å²) in [5.74, 6) is 0. The monoisotopic (exact) mass is 244 g/mol. The Morgan fingerprint density at radius 3 is 2.94 bits per heavy atom. The summed E-state index contributed by atoms with van der Waals surface area (Å²) < 4.78 is 1.27. The van der Waals surface area contributed by atoms with Gasteiger partial charge in [0.1, 0.15) is 0 Å². The van der Waals surface area contributed by atoms with E-state index in [-0.39, 0.29) is 29.6 Å². The van der Waals surface area contributed by atoms with E-state index in [1.807, 2.05) is 6.07 Å². The molecular weight excluding hydrogens is 236 g/mol. The number of rotatable bonds is 3. The summed E-state index contributed by atoms with van der Waals surface area (Å²) in [4.78, 5) is 26.1. The summed E-state index contributed by atoms with van der Waals surface area (Å²) in [6.45, 7) is 0.223. The first-order chi connectivity index (χ1) is 8.63. The molecule has 1 aromatic carbocycles. The molecule has 0 aliphatic rings. The lowest BCUT2D eigenvalue weighted by Crippen LogP contribution is -2.20. The topological polar surface area (TPSA) is 102 Å². The minimum absolute atomic E-state index is 0.153. The molecule has 1 aromatic heterocycles. The molecule has 0 aliphatic heterocycles. The van der Waals surface area contributed by atoms with Gasteiger partial charge in [-0.05, 0) is 6.07 Å². The van der Waals surface area contributed by atoms with Crippen molar-refractivity contribution in [3.05, 3.63) is 45.0 Å². The largest absolute Gasteiger partial charge is 0.298 e. The highest BCUT2D eigenvalue weighted by Gasteiger charge is 2.10. The number of hydrogen-bond donors (Lipinski definition) is 0. The number of aryl methyl sites for hydroxylation is 1. The van der Waals surface area contributed by atoms with Gasteiger partial charge in [-0.15, -0.1) is 0 Å². The second-order valence-electron chi connectivity index (χ2n) is 3.61. The summed E-state index contributed by atoms with van der Waals surface area (Å²) in [5, 5.41) is 19.3. The van der Waals surface area contributed by atoms with Crippen LogP contribution in [0, 0.1) is 21.4 Å². The Bertz CT molecular complexity index is 714. The summed E-state index contributed by atoms with van der Waals surface area (Å²) in [6.07, 6.45) is 1.52. The standard InChI is InChI=1S/C11H8N4O3/c12-4-1-5-14-7-13-10-3-2-8(15(17)18)6-9(10)11(14)16/h2-3,6-7H,1,5H2. The summed E-state index contributed by atoms with van der Waals surface area (Å²) in [5.41, 5.74) is -0.128. The molecule has 0 amide bonds. The van der Waals surface area contributed by atoms with Crippen molar-refractivity contribution in [3.8, 4) is 6.07 Å². The summed E-state index contributed by atoms with van der Waals surface area (Å²) in [7, 11) is 0. The van der Waals surface area contributed by atoms with E-state index in [1.165, 1.54) is 29.1 Å². The van der Waals surface area contributed by atoms with Gasteiger partial charge in [0.2, 0.25) is 0 Å². The van der Waals surface area contributed by atoms with Crippen LogP contribution < -0.4 is 5.56 Å². The Morgan fingerprint density at radius 1 is 1.50 bits per heavy atom. The third kappa shape index (κ3) is 2.04. The van der Waals surface area contributed by atoms with Gasteiger partial charge in [0, 0.05) is 18.7 Å². The lowest BCUT2D eigenvalue weighted by Gasteiger charge is -2.03. The number of fused-ring (bicyclic) bond motifs is 1. The van der Waals surface area contributed by atoms with Crippen LogP contribution in [0.4, 0.5) is 5.69 Å². The summed E-state index contributed by atoms with van der Waals surface area (Å²) >= 11 is 0. The van der Waals surface area contributed by atoms with Crippen LogP contribution in [0.5, 0.6) is 0 Å². The van der Waals surface area contributed by atoms with Crippen molar-refractivity contribution in [2.75, 3.05) is 0 Å². The molecule has 2 rings (SSSR count). The van der Waals surface area contributed by atoms with Crippen LogP contribution in [0.25, 0.3) is 10.9 Å². The number of non-ortho nitro benzene ring substituents is 1. The van der Waals surface area contributed by atoms with Gasteiger partial charge in [0.25, 0.3) is 11.2 Å². The van der Waals surface area contributed by atoms with E-state index >= 15 is 0 Å². The number of nitro benzene ring substituents is 1. The van der Waals surface area contributed by atoms with Gasteiger partial charge in [-0.1, -0.05) is 0 Å². The maximum Gasteiger partial charge on any atom is 0.270 e. The predicted octanol–water partition coefficient (Wildman–Crippen LogP) is 1.22. The van der Waals surface area contributed by atoms with Gasteiger partial charge in [-0.25, -0.2) is 4.98 Å². The van der Waals surface area contributed by atoms with Crippen LogP contribution in [0.15, 0.2) is 29.3 Å². The fourth-order valence-corrected chi connectivity index (χ4v) is 1.59. The number of nitriles is 1. The van der Waals surface area contributed by atoms with Crippen molar-refractivity contribution in [1.29, 1.82) is 5.26 Å². The fourth-order valence-electron chi connectivity index (χ4n) is 1.59. The number of nitro groups is 1.